The van der Waals surface area contributed by atoms with Gasteiger partial charge in [0.25, 0.3) is 0 Å². The summed E-state index contributed by atoms with van der Waals surface area (Å²) in [7, 11) is 0. The lowest BCUT2D eigenvalue weighted by molar-refractivity contribution is -0.121. The zero-order valence-electron chi connectivity index (χ0n) is 20.6. The van der Waals surface area contributed by atoms with Gasteiger partial charge in [0.1, 0.15) is 11.4 Å². The number of aliphatic hydroxyl groups is 2. The van der Waals surface area contributed by atoms with Gasteiger partial charge in [-0.25, -0.2) is 0 Å². The van der Waals surface area contributed by atoms with Crippen molar-refractivity contribution in [2.24, 2.45) is 11.8 Å². The minimum Gasteiger partial charge on any atom is -0.392 e. The molecule has 0 aromatic heterocycles. The fraction of sp³-hybridized carbons (Fsp3) is 0.621. The van der Waals surface area contributed by atoms with Gasteiger partial charge in [-0.3, -0.25) is 4.79 Å². The normalized spacial score (nSPS) is 22.2. The molecule has 1 aromatic carbocycles. The van der Waals surface area contributed by atoms with Gasteiger partial charge in [-0.1, -0.05) is 80.8 Å². The van der Waals surface area contributed by atoms with Gasteiger partial charge in [-0.15, -0.1) is 6.42 Å². The largest absolute Gasteiger partial charge is 0.392 e. The average Bonchev–Trinajstić information content (AvgIpc) is 3.09. The fourth-order valence-electron chi connectivity index (χ4n) is 4.58. The zero-order chi connectivity index (χ0) is 24.8. The first-order chi connectivity index (χ1) is 16.4. The molecule has 0 aliphatic heterocycles. The second-order valence-electron chi connectivity index (χ2n) is 9.57. The van der Waals surface area contributed by atoms with Crippen molar-refractivity contribution in [1.82, 2.24) is 0 Å². The molecule has 1 saturated carbocycles. The number of carbonyl (C=O) groups excluding carboxylic acids is 1. The third-order valence-corrected chi connectivity index (χ3v) is 7.00. The van der Waals surface area contributed by atoms with Crippen molar-refractivity contribution in [2.45, 2.75) is 95.9 Å². The maximum Gasteiger partial charge on any atom is 0.139 e. The van der Waals surface area contributed by atoms with Crippen LogP contribution in [0, 0.1) is 24.2 Å². The molecule has 0 heterocycles. The highest BCUT2D eigenvalue weighted by Gasteiger charge is 2.39. The summed E-state index contributed by atoms with van der Waals surface area (Å²) < 4.78 is 5.73. The maximum absolute atomic E-state index is 12.4. The minimum atomic E-state index is -1.14. The van der Waals surface area contributed by atoms with Crippen molar-refractivity contribution >= 4 is 17.4 Å². The highest BCUT2D eigenvalue weighted by Crippen LogP contribution is 2.34. The number of hydrogen-bond acceptors (Lipinski definition) is 4. The Bertz CT molecular complexity index is 797. The number of hydrogen-bond donors (Lipinski definition) is 2. The van der Waals surface area contributed by atoms with Crippen molar-refractivity contribution in [2.75, 3.05) is 6.61 Å². The highest BCUT2D eigenvalue weighted by molar-refractivity contribution is 6.30. The number of unbranched alkanes of at least 4 members (excludes halogenated alkanes) is 5. The van der Waals surface area contributed by atoms with E-state index in [2.05, 4.69) is 12.8 Å². The summed E-state index contributed by atoms with van der Waals surface area (Å²) in [6.45, 7) is 3.41. The van der Waals surface area contributed by atoms with E-state index in [0.717, 1.165) is 68.6 Å². The number of halogens is 1. The van der Waals surface area contributed by atoms with Crippen molar-refractivity contribution < 1.29 is 19.7 Å². The van der Waals surface area contributed by atoms with Gasteiger partial charge >= 0.3 is 0 Å². The number of aliphatic hydroxyl groups excluding tert-OH is 1. The van der Waals surface area contributed by atoms with E-state index >= 15 is 0 Å². The lowest BCUT2D eigenvalue weighted by atomic mass is 9.87. The lowest BCUT2D eigenvalue weighted by Crippen LogP contribution is -2.25. The van der Waals surface area contributed by atoms with E-state index in [0.29, 0.717) is 19.4 Å². The van der Waals surface area contributed by atoms with Crippen LogP contribution in [0.5, 0.6) is 0 Å². The fourth-order valence-corrected chi connectivity index (χ4v) is 4.71. The molecule has 0 radical (unpaired) electrons. The predicted molar refractivity (Wildman–Crippen MR) is 138 cm³/mol. The molecule has 2 rings (SSSR count). The van der Waals surface area contributed by atoms with Gasteiger partial charge in [0.2, 0.25) is 0 Å². The first kappa shape index (κ1) is 28.6. The third-order valence-electron chi connectivity index (χ3n) is 6.75. The Morgan fingerprint density at radius 2 is 1.88 bits per heavy atom. The predicted octanol–water partition coefficient (Wildman–Crippen LogP) is 6.26. The standard InChI is InChI=1S/C29H41ClO4/c1-3-5-18-29(33,4-2)19-11-13-26-25(27(31)21-28(26)32)12-9-7-6-8-10-20-34-22-23-14-16-24(30)17-15-23/h2,11,13-17,25-26,28,32-33H,3,5-10,12,18-22H2,1H3/t25-,26-,28-,29?/m1/s1. The number of carbonyl (C=O) groups is 1. The molecule has 4 atom stereocenters. The smallest absolute Gasteiger partial charge is 0.139 e. The van der Waals surface area contributed by atoms with E-state index in [1.54, 1.807) is 0 Å². The van der Waals surface area contributed by atoms with Gasteiger partial charge in [0.05, 0.1) is 12.7 Å². The topological polar surface area (TPSA) is 66.8 Å². The first-order valence-electron chi connectivity index (χ1n) is 12.8. The Balaban J connectivity index is 1.63. The molecule has 1 unspecified atom stereocenters. The summed E-state index contributed by atoms with van der Waals surface area (Å²) in [6.07, 6.45) is 17.7. The van der Waals surface area contributed by atoms with E-state index in [1.807, 2.05) is 36.4 Å². The second kappa shape index (κ2) is 15.4. The van der Waals surface area contributed by atoms with Gasteiger partial charge in [0.15, 0.2) is 0 Å². The van der Waals surface area contributed by atoms with Crippen molar-refractivity contribution in [3.63, 3.8) is 0 Å². The van der Waals surface area contributed by atoms with Crippen LogP contribution in [0.1, 0.15) is 83.1 Å². The summed E-state index contributed by atoms with van der Waals surface area (Å²) in [4.78, 5) is 12.4. The summed E-state index contributed by atoms with van der Waals surface area (Å²) in [5.41, 5.74) is -0.0185. The Kier molecular flexibility index (Phi) is 12.9. The second-order valence-corrected chi connectivity index (χ2v) is 10.0. The number of benzene rings is 1. The molecule has 2 N–H and O–H groups in total. The number of rotatable bonds is 16. The quantitative estimate of drug-likeness (QED) is 0.163. The molecule has 4 nitrogen and oxygen atoms in total. The summed E-state index contributed by atoms with van der Waals surface area (Å²) in [5, 5.41) is 21.6. The lowest BCUT2D eigenvalue weighted by Gasteiger charge is -2.21. The highest BCUT2D eigenvalue weighted by atomic mass is 35.5. The molecule has 0 saturated heterocycles. The van der Waals surface area contributed by atoms with Crippen LogP contribution in [0.4, 0.5) is 0 Å². The van der Waals surface area contributed by atoms with E-state index in [1.165, 1.54) is 0 Å². The molecule has 1 aliphatic carbocycles. The van der Waals surface area contributed by atoms with Crippen LogP contribution in [-0.4, -0.2) is 34.3 Å². The van der Waals surface area contributed by atoms with Gasteiger partial charge in [0, 0.05) is 36.3 Å². The monoisotopic (exact) mass is 488 g/mol. The number of ketones is 1. The maximum atomic E-state index is 12.4. The zero-order valence-corrected chi connectivity index (χ0v) is 21.3. The Labute approximate surface area is 210 Å². The summed E-state index contributed by atoms with van der Waals surface area (Å²) >= 11 is 5.89. The van der Waals surface area contributed by atoms with Crippen LogP contribution in [0.3, 0.4) is 0 Å². The van der Waals surface area contributed by atoms with Crippen molar-refractivity contribution in [3.8, 4) is 12.3 Å². The molecular weight excluding hydrogens is 448 g/mol. The minimum absolute atomic E-state index is 0.136. The van der Waals surface area contributed by atoms with Crippen molar-refractivity contribution in [1.29, 1.82) is 0 Å². The first-order valence-corrected chi connectivity index (χ1v) is 13.2. The van der Waals surface area contributed by atoms with Crippen LogP contribution in [0.25, 0.3) is 0 Å². The van der Waals surface area contributed by atoms with E-state index in [-0.39, 0.29) is 24.0 Å². The Hall–Kier alpha value is -1.64. The third kappa shape index (κ3) is 9.92. The van der Waals surface area contributed by atoms with E-state index < -0.39 is 11.7 Å². The molecule has 0 amide bonds. The van der Waals surface area contributed by atoms with E-state index in [9.17, 15) is 15.0 Å². The molecule has 188 valence electrons. The average molecular weight is 489 g/mol. The van der Waals surface area contributed by atoms with Crippen LogP contribution < -0.4 is 0 Å². The number of Topliss-reactive ketones (excluding diaryl/α,β-unsaturated/α-hetero) is 1. The number of terminal acetylenes is 1. The van der Waals surface area contributed by atoms with E-state index in [4.69, 9.17) is 22.8 Å². The molecule has 1 fully saturated rings. The van der Waals surface area contributed by atoms with Gasteiger partial charge in [-0.05, 0) is 43.4 Å². The molecular formula is C29H41ClO4. The Morgan fingerprint density at radius 3 is 2.59 bits per heavy atom. The molecule has 1 aromatic rings. The van der Waals surface area contributed by atoms with Crippen LogP contribution in [0.15, 0.2) is 36.4 Å². The van der Waals surface area contributed by atoms with Gasteiger partial charge in [-0.2, -0.15) is 0 Å². The molecule has 0 spiro atoms. The van der Waals surface area contributed by atoms with Gasteiger partial charge < -0.3 is 14.9 Å². The summed E-state index contributed by atoms with van der Waals surface area (Å²) in [5.74, 6) is 2.34. The Morgan fingerprint density at radius 1 is 1.18 bits per heavy atom. The summed E-state index contributed by atoms with van der Waals surface area (Å²) in [6, 6.07) is 7.71. The SMILES string of the molecule is C#CC(O)(CC=C[C@H]1[C@H](O)CC(=O)[C@@H]1CCCCCCCOCc1ccc(Cl)cc1)CCCC. The van der Waals surface area contributed by atoms with Crippen LogP contribution in [0.2, 0.25) is 5.02 Å². The van der Waals surface area contributed by atoms with Crippen LogP contribution >= 0.6 is 11.6 Å². The molecule has 1 aliphatic rings. The molecule has 0 bridgehead atoms. The van der Waals surface area contributed by atoms with Crippen molar-refractivity contribution in [3.05, 3.63) is 47.0 Å². The van der Waals surface area contributed by atoms with Crippen LogP contribution in [-0.2, 0) is 16.1 Å². The molecule has 34 heavy (non-hydrogen) atoms. The molecule has 5 heteroatoms. The number of ether oxygens (including phenoxy) is 1.